The summed E-state index contributed by atoms with van der Waals surface area (Å²) in [4.78, 5) is 14.9. The number of carbonyl (C=O) groups excluding carboxylic acids is 1. The molecule has 0 aromatic heterocycles. The summed E-state index contributed by atoms with van der Waals surface area (Å²) in [7, 11) is 0. The van der Waals surface area contributed by atoms with E-state index in [9.17, 15) is 9.18 Å². The third kappa shape index (κ3) is 5.99. The number of hydrogen-bond acceptors (Lipinski definition) is 4. The fraction of sp³-hybridized carbons (Fsp3) is 0.667. The topological polar surface area (TPSA) is 53.6 Å². The number of nitrogens with zero attached hydrogens (tertiary/aromatic N) is 1. The van der Waals surface area contributed by atoms with E-state index >= 15 is 0 Å². The van der Waals surface area contributed by atoms with Gasteiger partial charge in [0, 0.05) is 26.1 Å². The van der Waals surface area contributed by atoms with Gasteiger partial charge in [0.25, 0.3) is 0 Å². The van der Waals surface area contributed by atoms with Crippen LogP contribution in [0, 0.1) is 17.7 Å². The largest absolute Gasteiger partial charge is 0.379 e. The fourth-order valence-corrected chi connectivity index (χ4v) is 4.19. The average Bonchev–Trinajstić information content (AvgIpc) is 2.71. The van der Waals surface area contributed by atoms with E-state index in [0.717, 1.165) is 44.6 Å². The van der Waals surface area contributed by atoms with Gasteiger partial charge in [-0.3, -0.25) is 9.69 Å². The minimum absolute atomic E-state index is 0.0487. The highest BCUT2D eigenvalue weighted by molar-refractivity contribution is 5.76. The van der Waals surface area contributed by atoms with Crippen molar-refractivity contribution in [3.05, 3.63) is 35.6 Å². The number of morpholine rings is 1. The van der Waals surface area contributed by atoms with Crippen molar-refractivity contribution in [3.63, 3.8) is 0 Å². The lowest BCUT2D eigenvalue weighted by Crippen LogP contribution is -2.44. The van der Waals surface area contributed by atoms with Crippen LogP contribution in [0.25, 0.3) is 0 Å². The first-order valence-electron chi connectivity index (χ1n) is 10.2. The zero-order valence-electron chi connectivity index (χ0n) is 16.3. The molecule has 0 spiro atoms. The van der Waals surface area contributed by atoms with E-state index in [1.54, 1.807) is 0 Å². The number of hydrogen-bond donors (Lipinski definition) is 2. The van der Waals surface area contributed by atoms with Crippen LogP contribution in [0.15, 0.2) is 24.3 Å². The van der Waals surface area contributed by atoms with E-state index in [4.69, 9.17) is 4.74 Å². The molecule has 1 amide bonds. The molecule has 1 aromatic rings. The predicted molar refractivity (Wildman–Crippen MR) is 104 cm³/mol. The van der Waals surface area contributed by atoms with Gasteiger partial charge in [0.1, 0.15) is 5.82 Å². The highest BCUT2D eigenvalue weighted by Crippen LogP contribution is 2.25. The number of amides is 1. The SMILES string of the molecule is CC(CC(=O)NCC(c1ccc(F)cc1)N1CCOCC1)C1CCNCC1. The Bertz CT molecular complexity index is 584. The van der Waals surface area contributed by atoms with Gasteiger partial charge in [-0.15, -0.1) is 0 Å². The first-order chi connectivity index (χ1) is 13.1. The van der Waals surface area contributed by atoms with Crippen molar-refractivity contribution < 1.29 is 13.9 Å². The molecule has 1 aromatic carbocycles. The van der Waals surface area contributed by atoms with Crippen molar-refractivity contribution >= 4 is 5.91 Å². The molecule has 2 N–H and O–H groups in total. The van der Waals surface area contributed by atoms with Crippen molar-refractivity contribution in [2.75, 3.05) is 45.9 Å². The highest BCUT2D eigenvalue weighted by atomic mass is 19.1. The summed E-state index contributed by atoms with van der Waals surface area (Å²) in [5.74, 6) is 0.907. The van der Waals surface area contributed by atoms with Crippen molar-refractivity contribution in [1.82, 2.24) is 15.5 Å². The van der Waals surface area contributed by atoms with Crippen LogP contribution in [0.5, 0.6) is 0 Å². The Morgan fingerprint density at radius 2 is 1.93 bits per heavy atom. The Morgan fingerprint density at radius 3 is 2.59 bits per heavy atom. The van der Waals surface area contributed by atoms with Gasteiger partial charge in [-0.25, -0.2) is 4.39 Å². The maximum atomic E-state index is 13.3. The number of nitrogens with one attached hydrogen (secondary N) is 2. The Morgan fingerprint density at radius 1 is 1.26 bits per heavy atom. The summed E-state index contributed by atoms with van der Waals surface area (Å²) in [5.41, 5.74) is 1.03. The molecule has 0 aliphatic carbocycles. The van der Waals surface area contributed by atoms with Gasteiger partial charge in [-0.1, -0.05) is 19.1 Å². The molecule has 2 aliphatic heterocycles. The van der Waals surface area contributed by atoms with Crippen molar-refractivity contribution in [3.8, 4) is 0 Å². The van der Waals surface area contributed by atoms with Crippen LogP contribution in [0.1, 0.15) is 37.8 Å². The number of ether oxygens (including phenoxy) is 1. The maximum Gasteiger partial charge on any atom is 0.220 e. The van der Waals surface area contributed by atoms with Crippen LogP contribution in [0.4, 0.5) is 4.39 Å². The standard InChI is InChI=1S/C21H32FN3O2/c1-16(17-6-8-23-9-7-17)14-21(26)24-15-20(25-10-12-27-13-11-25)18-2-4-19(22)5-3-18/h2-5,16-17,20,23H,6-15H2,1H3,(H,24,26). The number of benzene rings is 1. The second-order valence-corrected chi connectivity index (χ2v) is 7.79. The van der Waals surface area contributed by atoms with Gasteiger partial charge in [0.2, 0.25) is 5.91 Å². The Kier molecular flexibility index (Phi) is 7.61. The first kappa shape index (κ1) is 20.2. The maximum absolute atomic E-state index is 13.3. The lowest BCUT2D eigenvalue weighted by atomic mass is 9.84. The van der Waals surface area contributed by atoms with Crippen LogP contribution in [-0.2, 0) is 9.53 Å². The van der Waals surface area contributed by atoms with Gasteiger partial charge in [-0.05, 0) is 55.5 Å². The molecule has 3 rings (SSSR count). The highest BCUT2D eigenvalue weighted by Gasteiger charge is 2.25. The molecule has 2 unspecified atom stereocenters. The zero-order valence-corrected chi connectivity index (χ0v) is 16.3. The van der Waals surface area contributed by atoms with E-state index in [2.05, 4.69) is 22.5 Å². The second-order valence-electron chi connectivity index (χ2n) is 7.79. The minimum atomic E-state index is -0.237. The monoisotopic (exact) mass is 377 g/mol. The summed E-state index contributed by atoms with van der Waals surface area (Å²) in [6, 6.07) is 6.67. The number of piperidine rings is 1. The van der Waals surface area contributed by atoms with E-state index in [1.165, 1.54) is 12.1 Å². The third-order valence-corrected chi connectivity index (χ3v) is 5.93. The molecular formula is C21H32FN3O2. The third-order valence-electron chi connectivity index (χ3n) is 5.93. The summed E-state index contributed by atoms with van der Waals surface area (Å²) >= 11 is 0. The Labute approximate surface area is 161 Å². The molecule has 0 saturated carbocycles. The van der Waals surface area contributed by atoms with E-state index in [-0.39, 0.29) is 17.8 Å². The second kappa shape index (κ2) is 10.2. The first-order valence-corrected chi connectivity index (χ1v) is 10.2. The fourth-order valence-electron chi connectivity index (χ4n) is 4.19. The van der Waals surface area contributed by atoms with Crippen molar-refractivity contribution in [1.29, 1.82) is 0 Å². The molecular weight excluding hydrogens is 345 g/mol. The Balaban J connectivity index is 1.56. The minimum Gasteiger partial charge on any atom is -0.379 e. The lowest BCUT2D eigenvalue weighted by molar-refractivity contribution is -0.122. The molecule has 0 bridgehead atoms. The van der Waals surface area contributed by atoms with Gasteiger partial charge in [0.05, 0.1) is 19.3 Å². The van der Waals surface area contributed by atoms with Crippen LogP contribution in [0.3, 0.4) is 0 Å². The molecule has 2 atom stereocenters. The van der Waals surface area contributed by atoms with Crippen LogP contribution >= 0.6 is 0 Å². The smallest absolute Gasteiger partial charge is 0.220 e. The number of halogens is 1. The number of rotatable bonds is 7. The van der Waals surface area contributed by atoms with Crippen LogP contribution in [0.2, 0.25) is 0 Å². The summed E-state index contributed by atoms with van der Waals surface area (Å²) < 4.78 is 18.8. The van der Waals surface area contributed by atoms with E-state index in [0.29, 0.717) is 38.0 Å². The van der Waals surface area contributed by atoms with Gasteiger partial charge in [-0.2, -0.15) is 0 Å². The Hall–Kier alpha value is -1.50. The van der Waals surface area contributed by atoms with Gasteiger partial charge >= 0.3 is 0 Å². The number of carbonyl (C=O) groups is 1. The van der Waals surface area contributed by atoms with Gasteiger partial charge in [0.15, 0.2) is 0 Å². The summed E-state index contributed by atoms with van der Waals surface area (Å²) in [6.07, 6.45) is 2.88. The molecule has 2 fully saturated rings. The molecule has 6 heteroatoms. The zero-order chi connectivity index (χ0) is 19.1. The normalized spacial score (nSPS) is 21.6. The van der Waals surface area contributed by atoms with Crippen molar-refractivity contribution in [2.45, 2.75) is 32.2 Å². The van der Waals surface area contributed by atoms with Crippen LogP contribution < -0.4 is 10.6 Å². The molecule has 2 saturated heterocycles. The lowest BCUT2D eigenvalue weighted by Gasteiger charge is -2.35. The molecule has 150 valence electrons. The van der Waals surface area contributed by atoms with Gasteiger partial charge < -0.3 is 15.4 Å². The summed E-state index contributed by atoms with van der Waals surface area (Å²) in [5, 5.41) is 6.51. The molecule has 2 aliphatic rings. The summed E-state index contributed by atoms with van der Waals surface area (Å²) in [6.45, 7) is 7.88. The average molecular weight is 378 g/mol. The molecule has 0 radical (unpaired) electrons. The van der Waals surface area contributed by atoms with Crippen molar-refractivity contribution in [2.24, 2.45) is 11.8 Å². The van der Waals surface area contributed by atoms with Crippen LogP contribution in [-0.4, -0.2) is 56.7 Å². The molecule has 27 heavy (non-hydrogen) atoms. The van der Waals surface area contributed by atoms with E-state index in [1.807, 2.05) is 12.1 Å². The molecule has 5 nitrogen and oxygen atoms in total. The van der Waals surface area contributed by atoms with E-state index < -0.39 is 0 Å². The predicted octanol–water partition coefficient (Wildman–Crippen LogP) is 2.34. The molecule has 2 heterocycles. The quantitative estimate of drug-likeness (QED) is 0.766.